The lowest BCUT2D eigenvalue weighted by Crippen LogP contribution is -2.19. The quantitative estimate of drug-likeness (QED) is 0.480. The summed E-state index contributed by atoms with van der Waals surface area (Å²) in [5.74, 6) is 0.335. The van der Waals surface area contributed by atoms with Gasteiger partial charge < -0.3 is 14.5 Å². The molecule has 1 aliphatic heterocycles. The van der Waals surface area contributed by atoms with Crippen LogP contribution in [0.2, 0.25) is 0 Å². The van der Waals surface area contributed by atoms with E-state index in [0.717, 1.165) is 11.3 Å². The van der Waals surface area contributed by atoms with Crippen LogP contribution in [0.25, 0.3) is 17.4 Å². The summed E-state index contributed by atoms with van der Waals surface area (Å²) in [7, 11) is 1.34. The van der Waals surface area contributed by atoms with Crippen molar-refractivity contribution in [2.24, 2.45) is 4.99 Å². The Morgan fingerprint density at radius 1 is 1.10 bits per heavy atom. The second-order valence-electron chi connectivity index (χ2n) is 6.56. The largest absolute Gasteiger partial charge is 0.465 e. The van der Waals surface area contributed by atoms with E-state index in [1.807, 2.05) is 37.3 Å². The molecule has 1 amide bonds. The van der Waals surface area contributed by atoms with Gasteiger partial charge in [-0.05, 0) is 49.0 Å². The van der Waals surface area contributed by atoms with Gasteiger partial charge in [-0.25, -0.2) is 9.79 Å². The lowest BCUT2D eigenvalue weighted by molar-refractivity contribution is -0.115. The third kappa shape index (κ3) is 4.21. The number of aryl methyl sites for hydroxylation is 1. The van der Waals surface area contributed by atoms with E-state index in [4.69, 9.17) is 9.15 Å². The van der Waals surface area contributed by atoms with Crippen LogP contribution in [0, 0.1) is 6.92 Å². The van der Waals surface area contributed by atoms with Gasteiger partial charge in [-0.2, -0.15) is 0 Å². The number of carbonyl (C=O) groups excluding carboxylic acids is 2. The number of furan rings is 1. The van der Waals surface area contributed by atoms with E-state index < -0.39 is 5.97 Å². The highest BCUT2D eigenvalue weighted by molar-refractivity contribution is 8.18. The number of ether oxygens (including phenoxy) is 1. The minimum atomic E-state index is -0.440. The summed E-state index contributed by atoms with van der Waals surface area (Å²) in [6, 6.07) is 18.3. The Kier molecular flexibility index (Phi) is 5.54. The smallest absolute Gasteiger partial charge is 0.338 e. The molecule has 3 aromatic rings. The number of hydrogen-bond acceptors (Lipinski definition) is 6. The fourth-order valence-corrected chi connectivity index (χ4v) is 3.73. The first-order valence-corrected chi connectivity index (χ1v) is 9.99. The van der Waals surface area contributed by atoms with Crippen LogP contribution in [0.5, 0.6) is 0 Å². The molecule has 4 rings (SSSR count). The number of carbonyl (C=O) groups is 2. The molecule has 0 unspecified atom stereocenters. The van der Waals surface area contributed by atoms with Crippen molar-refractivity contribution in [1.82, 2.24) is 5.32 Å². The Morgan fingerprint density at radius 2 is 1.87 bits per heavy atom. The second kappa shape index (κ2) is 8.42. The van der Waals surface area contributed by atoms with Crippen LogP contribution in [0.1, 0.15) is 21.7 Å². The molecule has 1 N–H and O–H groups in total. The molecule has 0 radical (unpaired) electrons. The fourth-order valence-electron chi connectivity index (χ4n) is 2.91. The van der Waals surface area contributed by atoms with Gasteiger partial charge in [0, 0.05) is 11.6 Å². The molecule has 1 aromatic heterocycles. The van der Waals surface area contributed by atoms with Crippen molar-refractivity contribution in [3.8, 4) is 11.3 Å². The molecule has 30 heavy (non-hydrogen) atoms. The normalized spacial score (nSPS) is 16.1. The number of amidine groups is 1. The first-order chi connectivity index (χ1) is 14.5. The van der Waals surface area contributed by atoms with Crippen LogP contribution in [0.3, 0.4) is 0 Å². The molecule has 150 valence electrons. The molecule has 2 heterocycles. The molecular formula is C23H18N2O4S. The topological polar surface area (TPSA) is 80.9 Å². The average molecular weight is 418 g/mol. The third-order valence-electron chi connectivity index (χ3n) is 4.41. The molecule has 6 nitrogen and oxygen atoms in total. The van der Waals surface area contributed by atoms with E-state index in [0.29, 0.717) is 32.7 Å². The number of methoxy groups -OCH3 is 1. The minimum absolute atomic E-state index is 0.237. The zero-order valence-electron chi connectivity index (χ0n) is 16.3. The third-order valence-corrected chi connectivity index (χ3v) is 5.32. The van der Waals surface area contributed by atoms with E-state index >= 15 is 0 Å². The summed E-state index contributed by atoms with van der Waals surface area (Å²) in [6.45, 7) is 2.01. The minimum Gasteiger partial charge on any atom is -0.465 e. The number of esters is 1. The van der Waals surface area contributed by atoms with Crippen LogP contribution in [0.4, 0.5) is 5.69 Å². The molecule has 0 bridgehead atoms. The summed E-state index contributed by atoms with van der Waals surface area (Å²) in [5.41, 5.74) is 2.95. The summed E-state index contributed by atoms with van der Waals surface area (Å²) < 4.78 is 10.7. The maximum absolute atomic E-state index is 12.3. The predicted octanol–water partition coefficient (Wildman–Crippen LogP) is 4.93. The van der Waals surface area contributed by atoms with Crippen LogP contribution in [-0.4, -0.2) is 24.2 Å². The van der Waals surface area contributed by atoms with Crippen molar-refractivity contribution in [3.05, 3.63) is 82.5 Å². The Hall–Kier alpha value is -3.58. The van der Waals surface area contributed by atoms with Crippen LogP contribution < -0.4 is 5.32 Å². The van der Waals surface area contributed by atoms with Crippen LogP contribution in [-0.2, 0) is 9.53 Å². The van der Waals surface area contributed by atoms with Gasteiger partial charge in [-0.3, -0.25) is 4.79 Å². The van der Waals surface area contributed by atoms with Crippen molar-refractivity contribution >= 4 is 40.6 Å². The Labute approximate surface area is 177 Å². The number of thioether (sulfide) groups is 1. The maximum atomic E-state index is 12.3. The van der Waals surface area contributed by atoms with Gasteiger partial charge in [0.2, 0.25) is 0 Å². The Balaban J connectivity index is 1.57. The average Bonchev–Trinajstić information content (AvgIpc) is 3.36. The van der Waals surface area contributed by atoms with Gasteiger partial charge in [0.25, 0.3) is 5.91 Å². The van der Waals surface area contributed by atoms with Gasteiger partial charge in [-0.15, -0.1) is 0 Å². The van der Waals surface area contributed by atoms with E-state index in [1.54, 1.807) is 36.4 Å². The molecule has 0 aliphatic carbocycles. The van der Waals surface area contributed by atoms with E-state index in [9.17, 15) is 9.59 Å². The van der Waals surface area contributed by atoms with Gasteiger partial charge >= 0.3 is 5.97 Å². The monoisotopic (exact) mass is 418 g/mol. The van der Waals surface area contributed by atoms with Crippen molar-refractivity contribution in [1.29, 1.82) is 0 Å². The zero-order valence-corrected chi connectivity index (χ0v) is 17.2. The van der Waals surface area contributed by atoms with Gasteiger partial charge in [0.1, 0.15) is 11.5 Å². The molecule has 1 saturated heterocycles. The highest BCUT2D eigenvalue weighted by atomic mass is 32.2. The number of amides is 1. The molecule has 0 atom stereocenters. The van der Waals surface area contributed by atoms with Crippen molar-refractivity contribution in [2.75, 3.05) is 7.11 Å². The number of hydrogen-bond donors (Lipinski definition) is 1. The highest BCUT2D eigenvalue weighted by Crippen LogP contribution is 2.31. The van der Waals surface area contributed by atoms with E-state index in [1.165, 1.54) is 18.9 Å². The summed E-state index contributed by atoms with van der Waals surface area (Å²) in [4.78, 5) is 29.2. The van der Waals surface area contributed by atoms with Crippen LogP contribution in [0.15, 0.2) is 75.0 Å². The lowest BCUT2D eigenvalue weighted by atomic mass is 10.1. The van der Waals surface area contributed by atoms with Crippen LogP contribution >= 0.6 is 11.8 Å². The predicted molar refractivity (Wildman–Crippen MR) is 117 cm³/mol. The van der Waals surface area contributed by atoms with E-state index in [-0.39, 0.29) is 5.91 Å². The molecule has 0 spiro atoms. The van der Waals surface area contributed by atoms with Crippen molar-refractivity contribution in [2.45, 2.75) is 6.92 Å². The zero-order chi connectivity index (χ0) is 21.1. The standard InChI is InChI=1S/C23H18N2O4S/c1-14-7-9-15(10-8-14)24-23-25-21(26)20(30-23)13-16-11-12-19(29-16)17-5-3-4-6-18(17)22(27)28-2/h3-13H,1-2H3,(H,24,25,26)/b20-13+. The molecule has 1 aliphatic rings. The molecular weight excluding hydrogens is 400 g/mol. The number of nitrogens with one attached hydrogen (secondary N) is 1. The lowest BCUT2D eigenvalue weighted by Gasteiger charge is -2.04. The Bertz CT molecular complexity index is 1180. The molecule has 0 saturated carbocycles. The van der Waals surface area contributed by atoms with Crippen molar-refractivity contribution in [3.63, 3.8) is 0 Å². The summed E-state index contributed by atoms with van der Waals surface area (Å²) in [6.07, 6.45) is 1.65. The number of benzene rings is 2. The maximum Gasteiger partial charge on any atom is 0.338 e. The number of rotatable bonds is 4. The number of nitrogens with zero attached hydrogens (tertiary/aromatic N) is 1. The summed E-state index contributed by atoms with van der Waals surface area (Å²) >= 11 is 1.25. The van der Waals surface area contributed by atoms with E-state index in [2.05, 4.69) is 10.3 Å². The van der Waals surface area contributed by atoms with Gasteiger partial charge in [0.15, 0.2) is 5.17 Å². The van der Waals surface area contributed by atoms with Crippen molar-refractivity contribution < 1.29 is 18.7 Å². The Morgan fingerprint density at radius 3 is 2.63 bits per heavy atom. The highest BCUT2D eigenvalue weighted by Gasteiger charge is 2.24. The first-order valence-electron chi connectivity index (χ1n) is 9.17. The van der Waals surface area contributed by atoms with Gasteiger partial charge in [0.05, 0.1) is 23.3 Å². The van der Waals surface area contributed by atoms with Gasteiger partial charge in [-0.1, -0.05) is 35.9 Å². The molecule has 2 aromatic carbocycles. The molecule has 1 fully saturated rings. The molecule has 7 heteroatoms. The fraction of sp³-hybridized carbons (Fsp3) is 0.0870. The number of aliphatic imine (C=N–C) groups is 1. The second-order valence-corrected chi connectivity index (χ2v) is 7.59. The first kappa shape index (κ1) is 19.7. The SMILES string of the molecule is COC(=O)c1ccccc1-c1ccc(/C=C2/SC(=Nc3ccc(C)cc3)NC2=O)o1. The summed E-state index contributed by atoms with van der Waals surface area (Å²) in [5, 5.41) is 3.27.